The van der Waals surface area contributed by atoms with Gasteiger partial charge in [0.1, 0.15) is 0 Å². The molecule has 0 saturated carbocycles. The van der Waals surface area contributed by atoms with Gasteiger partial charge in [0.15, 0.2) is 0 Å². The Hall–Kier alpha value is 0.110. The molecule has 0 aromatic carbocycles. The van der Waals surface area contributed by atoms with Crippen LogP contribution in [0.4, 0.5) is 0 Å². The topological polar surface area (TPSA) is 44.8 Å². The van der Waals surface area contributed by atoms with Gasteiger partial charge in [0.05, 0.1) is 21.1 Å². The maximum absolute atomic E-state index is 13.2. The average molecular weight is 307 g/mol. The second-order valence-corrected chi connectivity index (χ2v) is 8.98. The molecule has 0 aromatic rings. The van der Waals surface area contributed by atoms with Crippen LogP contribution in [0.5, 0.6) is 0 Å². The van der Waals surface area contributed by atoms with E-state index in [4.69, 9.17) is 18.1 Å². The molecule has 0 N–H and O–H groups in total. The van der Waals surface area contributed by atoms with Crippen LogP contribution in [-0.4, -0.2) is 43.8 Å². The Morgan fingerprint density at radius 3 is 2.95 bits per heavy atom. The van der Waals surface area contributed by atoms with Gasteiger partial charge in [0.25, 0.3) is 0 Å². The van der Waals surface area contributed by atoms with Crippen LogP contribution in [0.1, 0.15) is 43.6 Å². The number of ether oxygens (including phenoxy) is 2. The van der Waals surface area contributed by atoms with Gasteiger partial charge < -0.3 is 14.0 Å². The lowest BCUT2D eigenvalue weighted by atomic mass is 9.90. The van der Waals surface area contributed by atoms with Crippen molar-refractivity contribution in [3.63, 3.8) is 0 Å². The van der Waals surface area contributed by atoms with Crippen LogP contribution in [-0.2, 0) is 18.6 Å². The monoisotopic (exact) mass is 307 g/mol. The molecule has 0 amide bonds. The minimum absolute atomic E-state index is 0.00505. The van der Waals surface area contributed by atoms with E-state index in [9.17, 15) is 4.57 Å². The van der Waals surface area contributed by atoms with Crippen LogP contribution in [0.25, 0.3) is 0 Å². The van der Waals surface area contributed by atoms with Crippen molar-refractivity contribution in [3.05, 3.63) is 0 Å². The highest BCUT2D eigenvalue weighted by atomic mass is 31.2. The SMILES string of the molecule is [2H]C[C@H]1O[C@@H]([3H])C[C@@H]1O[P@]1(=O)CCC[C@H]([C@H]2O[C@@H]([3H])C[C@@H]2C)C1. The van der Waals surface area contributed by atoms with Crippen molar-refractivity contribution in [3.8, 4) is 0 Å². The Morgan fingerprint density at radius 2 is 2.20 bits per heavy atom. The van der Waals surface area contributed by atoms with Gasteiger partial charge in [-0.15, -0.1) is 0 Å². The molecule has 3 aliphatic rings. The van der Waals surface area contributed by atoms with Crippen LogP contribution in [0.2, 0.25) is 0 Å². The molecule has 0 spiro atoms. The Morgan fingerprint density at radius 1 is 1.35 bits per heavy atom. The van der Waals surface area contributed by atoms with Gasteiger partial charge in [0, 0.05) is 26.9 Å². The summed E-state index contributed by atoms with van der Waals surface area (Å²) in [7, 11) is -2.78. The molecule has 4 nitrogen and oxygen atoms in total. The second-order valence-electron chi connectivity index (χ2n) is 6.32. The number of hydrogen-bond donors (Lipinski definition) is 0. The summed E-state index contributed by atoms with van der Waals surface area (Å²) in [6.07, 6.45) is 3.18. The van der Waals surface area contributed by atoms with E-state index >= 15 is 0 Å². The second kappa shape index (κ2) is 6.08. The van der Waals surface area contributed by atoms with E-state index < -0.39 is 32.7 Å². The van der Waals surface area contributed by atoms with Gasteiger partial charge in [-0.05, 0) is 44.4 Å². The molecule has 8 atom stereocenters. The van der Waals surface area contributed by atoms with Crippen molar-refractivity contribution < 1.29 is 22.7 Å². The first-order chi connectivity index (χ1) is 10.9. The molecule has 3 heterocycles. The Bertz CT molecular complexity index is 466. The lowest BCUT2D eigenvalue weighted by molar-refractivity contribution is 0.0420. The van der Waals surface area contributed by atoms with Gasteiger partial charge in [-0.2, -0.15) is 0 Å². The molecular formula is C15H27O4P. The van der Waals surface area contributed by atoms with Crippen molar-refractivity contribution in [2.45, 2.75) is 57.8 Å². The van der Waals surface area contributed by atoms with Gasteiger partial charge >= 0.3 is 0 Å². The summed E-state index contributed by atoms with van der Waals surface area (Å²) >= 11 is 0. The molecule has 5 heteroatoms. The van der Waals surface area contributed by atoms with Crippen molar-refractivity contribution in [2.75, 3.05) is 25.5 Å². The molecule has 3 aliphatic heterocycles. The normalized spacial score (nSPS) is 59.0. The van der Waals surface area contributed by atoms with Crippen LogP contribution in [0.15, 0.2) is 0 Å². The van der Waals surface area contributed by atoms with Crippen molar-refractivity contribution >= 4 is 7.37 Å². The standard InChI is InChI=1S/C15H27O4P/c1-11-5-7-18-15(11)13-4-3-9-20(16,10-13)19-14-6-8-17-12(14)2/h11-15H,3-10H2,1-2H3/t11-,12+,13-,14-,15-,20+/m0/s1/i2D,7T,8T/t7-,8-,11-,12+,13-,14-,15-,20+. The van der Waals surface area contributed by atoms with Crippen LogP contribution in [0.3, 0.4) is 0 Å². The highest BCUT2D eigenvalue weighted by Gasteiger charge is 2.42. The highest BCUT2D eigenvalue weighted by molar-refractivity contribution is 7.59. The molecule has 0 aliphatic carbocycles. The Balaban J connectivity index is 1.64. The fraction of sp³-hybridized carbons (Fsp3) is 1.00. The summed E-state index contributed by atoms with van der Waals surface area (Å²) in [5.74, 6) is 0.506. The molecule has 3 saturated heterocycles. The predicted molar refractivity (Wildman–Crippen MR) is 78.5 cm³/mol. The molecule has 0 bridgehead atoms. The summed E-state index contributed by atoms with van der Waals surface area (Å²) < 4.78 is 53.2. The van der Waals surface area contributed by atoms with Crippen LogP contribution in [0, 0.1) is 11.8 Å². The van der Waals surface area contributed by atoms with Gasteiger partial charge in [-0.3, -0.25) is 4.57 Å². The molecule has 0 aromatic heterocycles. The first kappa shape index (κ1) is 11.6. The van der Waals surface area contributed by atoms with Gasteiger partial charge in [-0.25, -0.2) is 0 Å². The van der Waals surface area contributed by atoms with E-state index in [1.165, 1.54) is 0 Å². The van der Waals surface area contributed by atoms with Gasteiger partial charge in [0.2, 0.25) is 7.37 Å². The molecule has 116 valence electrons. The Labute approximate surface area is 126 Å². The molecule has 0 unspecified atom stereocenters. The molecule has 3 rings (SSSR count). The minimum atomic E-state index is -2.78. The molecule has 3 fully saturated rings. The quantitative estimate of drug-likeness (QED) is 0.751. The fourth-order valence-corrected chi connectivity index (χ4v) is 6.39. The lowest BCUT2D eigenvalue weighted by Gasteiger charge is -2.35. The molecule has 20 heavy (non-hydrogen) atoms. The van der Waals surface area contributed by atoms with Crippen LogP contribution < -0.4 is 0 Å². The van der Waals surface area contributed by atoms with E-state index in [0.717, 1.165) is 19.3 Å². The van der Waals surface area contributed by atoms with E-state index in [0.29, 0.717) is 24.7 Å². The zero-order valence-corrected chi connectivity index (χ0v) is 13.0. The summed E-state index contributed by atoms with van der Waals surface area (Å²) in [5, 5.41) is 0. The third-order valence-corrected chi connectivity index (χ3v) is 7.35. The van der Waals surface area contributed by atoms with E-state index in [-0.39, 0.29) is 18.9 Å². The number of hydrogen-bond acceptors (Lipinski definition) is 4. The summed E-state index contributed by atoms with van der Waals surface area (Å²) in [4.78, 5) is 0. The lowest BCUT2D eigenvalue weighted by Crippen LogP contribution is -2.32. The average Bonchev–Trinajstić information content (AvgIpc) is 3.00. The third kappa shape index (κ3) is 3.14. The largest absolute Gasteiger partial charge is 0.378 e. The van der Waals surface area contributed by atoms with E-state index in [1.807, 2.05) is 0 Å². The van der Waals surface area contributed by atoms with E-state index in [2.05, 4.69) is 6.92 Å². The predicted octanol–water partition coefficient (Wildman–Crippen LogP) is 3.29. The fourth-order valence-electron chi connectivity index (χ4n) is 3.53. The number of rotatable bonds is 3. The van der Waals surface area contributed by atoms with E-state index in [1.54, 1.807) is 0 Å². The first-order valence-corrected chi connectivity index (χ1v) is 9.61. The summed E-state index contributed by atoms with van der Waals surface area (Å²) in [6.45, 7) is 1.000. The van der Waals surface area contributed by atoms with Gasteiger partial charge in [-0.1, -0.05) is 6.92 Å². The van der Waals surface area contributed by atoms with Crippen molar-refractivity contribution in [2.24, 2.45) is 11.8 Å². The summed E-state index contributed by atoms with van der Waals surface area (Å²) in [5.41, 5.74) is 0. The summed E-state index contributed by atoms with van der Waals surface area (Å²) in [6, 6.07) is 0. The van der Waals surface area contributed by atoms with Crippen molar-refractivity contribution in [1.29, 1.82) is 0 Å². The Kier molecular flexibility index (Phi) is 3.54. The minimum Gasteiger partial charge on any atom is -0.378 e. The first-order valence-electron chi connectivity index (χ1n) is 9.47. The maximum atomic E-state index is 13.2. The maximum Gasteiger partial charge on any atom is 0.203 e. The third-order valence-electron chi connectivity index (χ3n) is 4.67. The van der Waals surface area contributed by atoms with Crippen molar-refractivity contribution in [1.82, 2.24) is 0 Å². The highest BCUT2D eigenvalue weighted by Crippen LogP contribution is 2.56. The zero-order valence-electron chi connectivity index (χ0n) is 15.1. The zero-order chi connectivity index (χ0) is 16.6. The molecular weight excluding hydrogens is 275 g/mol. The molecule has 0 radical (unpaired) electrons. The smallest absolute Gasteiger partial charge is 0.203 e. The van der Waals surface area contributed by atoms with Crippen LogP contribution >= 0.6 is 7.37 Å².